The van der Waals surface area contributed by atoms with Crippen LogP contribution in [0.15, 0.2) is 206 Å². The average Bonchev–Trinajstić information content (AvgIpc) is 3.60. The summed E-state index contributed by atoms with van der Waals surface area (Å²) in [6.07, 6.45) is 1.10. The lowest BCUT2D eigenvalue weighted by atomic mass is 9.65. The van der Waals surface area contributed by atoms with Gasteiger partial charge in [-0.1, -0.05) is 200 Å². The van der Waals surface area contributed by atoms with Gasteiger partial charge in [0.1, 0.15) is 0 Å². The summed E-state index contributed by atoms with van der Waals surface area (Å²) in [6, 6.07) is 72.9. The molecule has 0 heterocycles. The molecule has 8 aromatic carbocycles. The van der Waals surface area contributed by atoms with Crippen LogP contribution in [-0.2, 0) is 11.8 Å². The fourth-order valence-electron chi connectivity index (χ4n) is 7.74. The third-order valence-corrected chi connectivity index (χ3v) is 10.5. The average molecular weight is 698 g/mol. The summed E-state index contributed by atoms with van der Waals surface area (Å²) >= 11 is 0. The topological polar surface area (TPSA) is 26.0 Å². The molecule has 0 amide bonds. The van der Waals surface area contributed by atoms with E-state index in [2.05, 4.69) is 215 Å². The largest absolute Gasteiger partial charge is 0.399 e. The second-order valence-electron chi connectivity index (χ2n) is 14.1. The van der Waals surface area contributed by atoms with Crippen molar-refractivity contribution in [2.24, 2.45) is 0 Å². The van der Waals surface area contributed by atoms with Gasteiger partial charge < -0.3 is 5.73 Å². The zero-order valence-corrected chi connectivity index (χ0v) is 31.4. The van der Waals surface area contributed by atoms with Gasteiger partial charge in [-0.15, -0.1) is 0 Å². The number of anilines is 1. The first-order chi connectivity index (χ1) is 26.4. The Balaban J connectivity index is 0.000000139. The number of aryl methyl sites for hydroxylation is 3. The molecule has 9 rings (SSSR count). The molecule has 264 valence electrons. The van der Waals surface area contributed by atoms with Crippen LogP contribution in [0.4, 0.5) is 5.69 Å². The highest BCUT2D eigenvalue weighted by Gasteiger charge is 2.38. The van der Waals surface area contributed by atoms with E-state index in [0.717, 1.165) is 12.1 Å². The van der Waals surface area contributed by atoms with E-state index in [0.29, 0.717) is 0 Å². The highest BCUT2D eigenvalue weighted by Crippen LogP contribution is 2.45. The van der Waals surface area contributed by atoms with Crippen molar-refractivity contribution in [3.05, 3.63) is 256 Å². The summed E-state index contributed by atoms with van der Waals surface area (Å²) in [6.45, 7) is 6.43. The summed E-state index contributed by atoms with van der Waals surface area (Å²) < 4.78 is 0. The van der Waals surface area contributed by atoms with Crippen molar-refractivity contribution in [1.29, 1.82) is 0 Å². The van der Waals surface area contributed by atoms with Crippen LogP contribution >= 0.6 is 0 Å². The Morgan fingerprint density at radius 2 is 0.667 bits per heavy atom. The Bertz CT molecular complexity index is 2250. The lowest BCUT2D eigenvalue weighted by Gasteiger charge is -2.37. The van der Waals surface area contributed by atoms with E-state index in [1.54, 1.807) is 0 Å². The van der Waals surface area contributed by atoms with Crippen molar-refractivity contribution >= 4 is 5.69 Å². The van der Waals surface area contributed by atoms with E-state index in [4.69, 9.17) is 5.73 Å². The second-order valence-corrected chi connectivity index (χ2v) is 14.1. The molecule has 2 N–H and O–H groups in total. The molecule has 0 saturated carbocycles. The van der Waals surface area contributed by atoms with Gasteiger partial charge in [0.25, 0.3) is 0 Å². The third-order valence-electron chi connectivity index (χ3n) is 10.5. The summed E-state index contributed by atoms with van der Waals surface area (Å²) in [7, 11) is 0. The normalized spacial score (nSPS) is 11.2. The SMILES string of the molecule is Cc1ccc(C(c2ccccc2)(c2ccccc2)c2ccc(N)cc2)cc1.Cc1ccccc1-c1ccccc1C.c1ccc2c(c1)Cc1ccccc1-2. The van der Waals surface area contributed by atoms with Crippen LogP contribution in [0, 0.1) is 20.8 Å². The first-order valence-corrected chi connectivity index (χ1v) is 18.8. The van der Waals surface area contributed by atoms with Crippen molar-refractivity contribution in [1.82, 2.24) is 0 Å². The van der Waals surface area contributed by atoms with E-state index >= 15 is 0 Å². The smallest absolute Gasteiger partial charge is 0.0701 e. The maximum absolute atomic E-state index is 6.01. The minimum absolute atomic E-state index is 0.399. The molecule has 0 atom stereocenters. The standard InChI is InChI=1S/C26H23N.C14H14.C13H10/c1-20-12-14-23(15-13-20)26(21-8-4-2-5-9-21,22-10-6-3-7-11-22)24-16-18-25(27)19-17-24;1-11-7-3-5-9-13(11)14-10-6-4-8-12(14)2;1-3-7-12-10(5-1)9-11-6-2-4-8-13(11)12/h2-19H,27H2,1H3;3-10H,1-2H3;1-8H,9H2. The number of nitrogens with two attached hydrogens (primary N) is 1. The summed E-state index contributed by atoms with van der Waals surface area (Å²) in [5, 5.41) is 0. The molecule has 0 bridgehead atoms. The zero-order chi connectivity index (χ0) is 37.3. The van der Waals surface area contributed by atoms with Gasteiger partial charge in [0, 0.05) is 5.69 Å². The van der Waals surface area contributed by atoms with E-state index in [9.17, 15) is 0 Å². The summed E-state index contributed by atoms with van der Waals surface area (Å²) in [5.74, 6) is 0. The quantitative estimate of drug-likeness (QED) is 0.141. The van der Waals surface area contributed by atoms with Gasteiger partial charge in [-0.25, -0.2) is 0 Å². The third kappa shape index (κ3) is 7.54. The van der Waals surface area contributed by atoms with Crippen LogP contribution in [0.1, 0.15) is 50.1 Å². The van der Waals surface area contributed by atoms with Crippen LogP contribution in [0.25, 0.3) is 22.3 Å². The van der Waals surface area contributed by atoms with Crippen LogP contribution in [-0.4, -0.2) is 0 Å². The Hall–Kier alpha value is -6.44. The van der Waals surface area contributed by atoms with Gasteiger partial charge >= 0.3 is 0 Å². The molecule has 0 unspecified atom stereocenters. The van der Waals surface area contributed by atoms with E-state index in [1.165, 1.54) is 72.3 Å². The second kappa shape index (κ2) is 16.5. The molecule has 0 spiro atoms. The number of hydrogen-bond donors (Lipinski definition) is 1. The van der Waals surface area contributed by atoms with Crippen LogP contribution in [0.2, 0.25) is 0 Å². The molecule has 1 aliphatic rings. The molecular formula is C53H47N. The number of fused-ring (bicyclic) bond motifs is 3. The van der Waals surface area contributed by atoms with Crippen molar-refractivity contribution in [3.63, 3.8) is 0 Å². The fourth-order valence-corrected chi connectivity index (χ4v) is 7.74. The molecule has 0 saturated heterocycles. The highest BCUT2D eigenvalue weighted by molar-refractivity contribution is 5.76. The first-order valence-electron chi connectivity index (χ1n) is 18.8. The van der Waals surface area contributed by atoms with Crippen molar-refractivity contribution in [3.8, 4) is 22.3 Å². The Labute approximate surface area is 321 Å². The lowest BCUT2D eigenvalue weighted by Crippen LogP contribution is -2.31. The van der Waals surface area contributed by atoms with Gasteiger partial charge in [-0.2, -0.15) is 0 Å². The van der Waals surface area contributed by atoms with Crippen LogP contribution in [0.3, 0.4) is 0 Å². The highest BCUT2D eigenvalue weighted by atomic mass is 14.5. The van der Waals surface area contributed by atoms with Gasteiger partial charge in [0.15, 0.2) is 0 Å². The molecule has 8 aromatic rings. The molecule has 1 nitrogen and oxygen atoms in total. The number of nitrogen functional groups attached to an aromatic ring is 1. The minimum atomic E-state index is -0.399. The van der Waals surface area contributed by atoms with Crippen LogP contribution in [0.5, 0.6) is 0 Å². The van der Waals surface area contributed by atoms with E-state index < -0.39 is 5.41 Å². The van der Waals surface area contributed by atoms with Crippen molar-refractivity contribution in [2.45, 2.75) is 32.6 Å². The van der Waals surface area contributed by atoms with Crippen molar-refractivity contribution < 1.29 is 0 Å². The van der Waals surface area contributed by atoms with Gasteiger partial charge in [0.2, 0.25) is 0 Å². The monoisotopic (exact) mass is 697 g/mol. The molecule has 1 heteroatoms. The van der Waals surface area contributed by atoms with Crippen LogP contribution < -0.4 is 5.73 Å². The first kappa shape index (κ1) is 35.9. The van der Waals surface area contributed by atoms with Gasteiger partial charge in [-0.3, -0.25) is 0 Å². The van der Waals surface area contributed by atoms with E-state index in [1.807, 2.05) is 12.1 Å². The molecular weight excluding hydrogens is 651 g/mol. The molecule has 54 heavy (non-hydrogen) atoms. The summed E-state index contributed by atoms with van der Waals surface area (Å²) in [4.78, 5) is 0. The van der Waals surface area contributed by atoms with Crippen molar-refractivity contribution in [2.75, 3.05) is 5.73 Å². The number of benzene rings is 8. The summed E-state index contributed by atoms with van der Waals surface area (Å²) in [5.41, 5.74) is 23.7. The fraction of sp³-hybridized carbons (Fsp3) is 0.0943. The Kier molecular flexibility index (Phi) is 11.0. The molecule has 0 fully saturated rings. The predicted octanol–water partition coefficient (Wildman–Crippen LogP) is 13.2. The number of hydrogen-bond acceptors (Lipinski definition) is 1. The molecule has 1 aliphatic carbocycles. The Morgan fingerprint density at radius 1 is 0.333 bits per heavy atom. The van der Waals surface area contributed by atoms with Gasteiger partial charge in [-0.05, 0) is 106 Å². The lowest BCUT2D eigenvalue weighted by molar-refractivity contribution is 0.745. The molecule has 0 aromatic heterocycles. The Morgan fingerprint density at radius 3 is 1.09 bits per heavy atom. The maximum atomic E-state index is 6.01. The molecule has 0 radical (unpaired) electrons. The predicted molar refractivity (Wildman–Crippen MR) is 230 cm³/mol. The zero-order valence-electron chi connectivity index (χ0n) is 31.4. The van der Waals surface area contributed by atoms with E-state index in [-0.39, 0.29) is 0 Å². The van der Waals surface area contributed by atoms with Gasteiger partial charge in [0.05, 0.1) is 5.41 Å². The maximum Gasteiger partial charge on any atom is 0.0701 e. The molecule has 0 aliphatic heterocycles. The minimum Gasteiger partial charge on any atom is -0.399 e. The number of rotatable bonds is 5.